The van der Waals surface area contributed by atoms with E-state index in [1.807, 2.05) is 30.3 Å². The van der Waals surface area contributed by atoms with Gasteiger partial charge in [-0.05, 0) is 17.5 Å². The monoisotopic (exact) mass is 388 g/mol. The second-order valence-electron chi connectivity index (χ2n) is 6.42. The van der Waals surface area contributed by atoms with Crippen molar-refractivity contribution in [2.45, 2.75) is 31.5 Å². The molecule has 28 heavy (non-hydrogen) atoms. The highest BCUT2D eigenvalue weighted by molar-refractivity contribution is 5.78. The van der Waals surface area contributed by atoms with Gasteiger partial charge in [-0.15, -0.1) is 0 Å². The van der Waals surface area contributed by atoms with Crippen LogP contribution in [-0.2, 0) is 17.8 Å². The van der Waals surface area contributed by atoms with E-state index >= 15 is 0 Å². The predicted octanol–water partition coefficient (Wildman–Crippen LogP) is 0.854. The molecule has 10 heteroatoms. The predicted molar refractivity (Wildman–Crippen MR) is 101 cm³/mol. The summed E-state index contributed by atoms with van der Waals surface area (Å²) in [6.07, 6.45) is -2.41. The van der Waals surface area contributed by atoms with Crippen LogP contribution in [0.3, 0.4) is 0 Å². The van der Waals surface area contributed by atoms with Crippen LogP contribution in [0.5, 0.6) is 0 Å². The number of nitrogens with zero attached hydrogens (tertiary/aromatic N) is 1. The number of carboxylic acid groups (broad SMARTS) is 1. The van der Waals surface area contributed by atoms with E-state index in [-0.39, 0.29) is 24.3 Å². The van der Waals surface area contributed by atoms with Gasteiger partial charge in [0.25, 0.3) is 5.69 Å². The number of benzene rings is 2. The summed E-state index contributed by atoms with van der Waals surface area (Å²) in [6.45, 7) is 0.00527. The Hall–Kier alpha value is -3.21. The molecule has 0 amide bonds. The molecule has 1 aliphatic rings. The number of nitrogens with one attached hydrogen (secondary N) is 3. The molecule has 0 aromatic heterocycles. The van der Waals surface area contributed by atoms with Crippen LogP contribution in [0.15, 0.2) is 42.5 Å². The molecule has 0 aliphatic carbocycles. The molecule has 1 heterocycles. The minimum Gasteiger partial charge on any atom is -0.480 e. The second-order valence-corrected chi connectivity index (χ2v) is 6.42. The van der Waals surface area contributed by atoms with E-state index in [1.54, 1.807) is 0 Å². The Morgan fingerprint density at radius 1 is 1.18 bits per heavy atom. The molecule has 6 N–H and O–H groups in total. The number of fused-ring (bicyclic) bond motifs is 1. The SMILES string of the molecule is O=C(O)[C@H](Cc1ccccc1)NCc1cc([N+](=O)[O-])cc2c1NC(O)C(O)N2. The molecular weight excluding hydrogens is 368 g/mol. The highest BCUT2D eigenvalue weighted by Gasteiger charge is 2.28. The fourth-order valence-corrected chi connectivity index (χ4v) is 3.01. The summed E-state index contributed by atoms with van der Waals surface area (Å²) >= 11 is 0. The van der Waals surface area contributed by atoms with Crippen LogP contribution in [0.25, 0.3) is 0 Å². The molecular formula is C18H20N4O6. The molecule has 0 fully saturated rings. The lowest BCUT2D eigenvalue weighted by Gasteiger charge is -2.31. The van der Waals surface area contributed by atoms with Gasteiger partial charge >= 0.3 is 5.97 Å². The standard InChI is InChI=1S/C18H20N4O6/c23-16-17(24)21-15-11(7-12(22(27)28)8-13(15)20-16)9-19-14(18(25)26)6-10-4-2-1-3-5-10/h1-5,7-8,14,16-17,19-21,23-24H,6,9H2,(H,25,26)/t14-,16?,17?/m0/s1. The Morgan fingerprint density at radius 2 is 1.86 bits per heavy atom. The highest BCUT2D eigenvalue weighted by Crippen LogP contribution is 2.35. The fourth-order valence-electron chi connectivity index (χ4n) is 3.01. The summed E-state index contributed by atoms with van der Waals surface area (Å²) < 4.78 is 0. The molecule has 3 atom stereocenters. The molecule has 0 bridgehead atoms. The number of non-ortho nitro benzene ring substituents is 1. The molecule has 3 rings (SSSR count). The summed E-state index contributed by atoms with van der Waals surface area (Å²) in [5.74, 6) is -1.05. The first-order chi connectivity index (χ1) is 13.3. The molecule has 1 aliphatic heterocycles. The molecule has 2 aromatic carbocycles. The maximum Gasteiger partial charge on any atom is 0.321 e. The zero-order chi connectivity index (χ0) is 20.3. The van der Waals surface area contributed by atoms with E-state index in [4.69, 9.17) is 0 Å². The Morgan fingerprint density at radius 3 is 2.50 bits per heavy atom. The van der Waals surface area contributed by atoms with Crippen LogP contribution in [-0.4, -0.2) is 44.7 Å². The molecule has 0 saturated carbocycles. The largest absolute Gasteiger partial charge is 0.480 e. The van der Waals surface area contributed by atoms with E-state index in [9.17, 15) is 30.2 Å². The maximum absolute atomic E-state index is 11.6. The Labute approximate surface area is 160 Å². The Kier molecular flexibility index (Phi) is 5.73. The number of carbonyl (C=O) groups is 1. The van der Waals surface area contributed by atoms with E-state index < -0.39 is 29.4 Å². The van der Waals surface area contributed by atoms with Crippen LogP contribution in [0, 0.1) is 10.1 Å². The van der Waals surface area contributed by atoms with Gasteiger partial charge in [-0.3, -0.25) is 20.2 Å². The molecule has 10 nitrogen and oxygen atoms in total. The summed E-state index contributed by atoms with van der Waals surface area (Å²) in [7, 11) is 0. The number of nitro benzene ring substituents is 1. The summed E-state index contributed by atoms with van der Waals surface area (Å²) in [6, 6.07) is 10.7. The smallest absolute Gasteiger partial charge is 0.321 e. The van der Waals surface area contributed by atoms with E-state index in [0.717, 1.165) is 5.56 Å². The number of nitro groups is 1. The second kappa shape index (κ2) is 8.21. The van der Waals surface area contributed by atoms with E-state index in [2.05, 4.69) is 16.0 Å². The van der Waals surface area contributed by atoms with Crippen molar-refractivity contribution in [3.63, 3.8) is 0 Å². The first kappa shape index (κ1) is 19.5. The average molecular weight is 388 g/mol. The zero-order valence-electron chi connectivity index (χ0n) is 14.7. The topological polar surface area (TPSA) is 157 Å². The molecule has 2 aromatic rings. The zero-order valence-corrected chi connectivity index (χ0v) is 14.7. The lowest BCUT2D eigenvalue weighted by Crippen LogP contribution is -2.43. The fraction of sp³-hybridized carbons (Fsp3) is 0.278. The van der Waals surface area contributed by atoms with Gasteiger partial charge in [-0.25, -0.2) is 0 Å². The van der Waals surface area contributed by atoms with E-state index in [0.29, 0.717) is 11.3 Å². The Balaban J connectivity index is 1.84. The molecule has 2 unspecified atom stereocenters. The molecule has 0 saturated heterocycles. The minimum absolute atomic E-state index is 0.00527. The third-order valence-corrected chi connectivity index (χ3v) is 4.43. The van der Waals surface area contributed by atoms with Crippen molar-refractivity contribution in [1.29, 1.82) is 0 Å². The van der Waals surface area contributed by atoms with Crippen LogP contribution in [0.1, 0.15) is 11.1 Å². The average Bonchev–Trinajstić information content (AvgIpc) is 2.66. The summed E-state index contributed by atoms with van der Waals surface area (Å²) in [4.78, 5) is 22.2. The number of carboxylic acids is 1. The first-order valence-corrected chi connectivity index (χ1v) is 8.56. The summed E-state index contributed by atoms with van der Waals surface area (Å²) in [5, 5.41) is 48.4. The van der Waals surface area contributed by atoms with Gasteiger partial charge in [0.1, 0.15) is 6.04 Å². The van der Waals surface area contributed by atoms with Crippen molar-refractivity contribution in [3.8, 4) is 0 Å². The maximum atomic E-state index is 11.6. The number of aliphatic hydroxyl groups excluding tert-OH is 2. The third kappa shape index (κ3) is 4.36. The van der Waals surface area contributed by atoms with Gasteiger partial charge in [-0.1, -0.05) is 30.3 Å². The lowest BCUT2D eigenvalue weighted by atomic mass is 10.0. The van der Waals surface area contributed by atoms with Gasteiger partial charge in [0.2, 0.25) is 0 Å². The first-order valence-electron chi connectivity index (χ1n) is 8.56. The van der Waals surface area contributed by atoms with Crippen LogP contribution in [0.2, 0.25) is 0 Å². The van der Waals surface area contributed by atoms with Crippen molar-refractivity contribution < 1.29 is 25.0 Å². The summed E-state index contributed by atoms with van der Waals surface area (Å²) in [5.41, 5.74) is 1.62. The molecule has 0 spiro atoms. The lowest BCUT2D eigenvalue weighted by molar-refractivity contribution is -0.384. The van der Waals surface area contributed by atoms with Crippen molar-refractivity contribution in [2.24, 2.45) is 0 Å². The number of hydrogen-bond acceptors (Lipinski definition) is 8. The van der Waals surface area contributed by atoms with Crippen LogP contribution < -0.4 is 16.0 Å². The van der Waals surface area contributed by atoms with Gasteiger partial charge in [0.05, 0.1) is 16.3 Å². The molecule has 148 valence electrons. The van der Waals surface area contributed by atoms with Gasteiger partial charge in [0, 0.05) is 18.7 Å². The highest BCUT2D eigenvalue weighted by atomic mass is 16.6. The minimum atomic E-state index is -1.33. The number of anilines is 2. The van der Waals surface area contributed by atoms with Gasteiger partial charge < -0.3 is 26.0 Å². The number of hydrogen-bond donors (Lipinski definition) is 6. The van der Waals surface area contributed by atoms with E-state index in [1.165, 1.54) is 12.1 Å². The normalized spacial score (nSPS) is 19.1. The Bertz CT molecular complexity index is 876. The number of rotatable bonds is 7. The number of aliphatic hydroxyl groups is 2. The van der Waals surface area contributed by atoms with Gasteiger partial charge in [0.15, 0.2) is 12.5 Å². The van der Waals surface area contributed by atoms with Crippen molar-refractivity contribution in [2.75, 3.05) is 10.6 Å². The van der Waals surface area contributed by atoms with Crippen LogP contribution >= 0.6 is 0 Å². The van der Waals surface area contributed by atoms with Crippen molar-refractivity contribution >= 4 is 23.0 Å². The van der Waals surface area contributed by atoms with Crippen LogP contribution in [0.4, 0.5) is 17.1 Å². The number of aliphatic carboxylic acids is 1. The third-order valence-electron chi connectivity index (χ3n) is 4.43. The van der Waals surface area contributed by atoms with Gasteiger partial charge in [-0.2, -0.15) is 0 Å². The van der Waals surface area contributed by atoms with Crippen molar-refractivity contribution in [3.05, 3.63) is 63.7 Å². The van der Waals surface area contributed by atoms with Crippen molar-refractivity contribution in [1.82, 2.24) is 5.32 Å². The molecule has 0 radical (unpaired) electrons. The quantitative estimate of drug-likeness (QED) is 0.299.